The van der Waals surface area contributed by atoms with Crippen molar-refractivity contribution in [3.05, 3.63) is 29.6 Å². The first-order chi connectivity index (χ1) is 9.09. The molecular weight excluding hydrogens is 249 g/mol. The number of aliphatic carboxylic acids is 1. The summed E-state index contributed by atoms with van der Waals surface area (Å²) in [5.41, 5.74) is 0.0772. The van der Waals surface area contributed by atoms with E-state index in [1.165, 1.54) is 12.1 Å². The lowest BCUT2D eigenvalue weighted by molar-refractivity contribution is -0.149. The smallest absolute Gasteiger partial charge is 0.323 e. The maximum absolute atomic E-state index is 13.1. The van der Waals surface area contributed by atoms with Crippen LogP contribution in [0, 0.1) is 5.82 Å². The van der Waals surface area contributed by atoms with Gasteiger partial charge < -0.3 is 9.84 Å². The van der Waals surface area contributed by atoms with Gasteiger partial charge in [-0.2, -0.15) is 0 Å². The zero-order valence-corrected chi connectivity index (χ0v) is 10.5. The molecule has 1 saturated carbocycles. The summed E-state index contributed by atoms with van der Waals surface area (Å²) in [4.78, 5) is 11.2. The number of carboxylic acid groups (broad SMARTS) is 1. The van der Waals surface area contributed by atoms with Crippen LogP contribution in [0.1, 0.15) is 24.8 Å². The Morgan fingerprint density at radius 2 is 2.32 bits per heavy atom. The van der Waals surface area contributed by atoms with Crippen LogP contribution in [-0.2, 0) is 11.2 Å². The largest absolute Gasteiger partial charge is 0.488 e. The number of fused-ring (bicyclic) bond motifs is 1. The molecule has 0 radical (unpaired) electrons. The Labute approximate surface area is 110 Å². The van der Waals surface area contributed by atoms with E-state index in [0.29, 0.717) is 31.6 Å². The Balaban J connectivity index is 1.60. The average Bonchev–Trinajstić information content (AvgIpc) is 2.68. The van der Waals surface area contributed by atoms with Gasteiger partial charge in [0.2, 0.25) is 0 Å². The van der Waals surface area contributed by atoms with E-state index >= 15 is 0 Å². The highest BCUT2D eigenvalue weighted by Crippen LogP contribution is 2.33. The summed E-state index contributed by atoms with van der Waals surface area (Å²) >= 11 is 0. The van der Waals surface area contributed by atoms with Crippen molar-refractivity contribution in [3.63, 3.8) is 0 Å². The Morgan fingerprint density at radius 3 is 2.95 bits per heavy atom. The quantitative estimate of drug-likeness (QED) is 0.870. The molecule has 0 bridgehead atoms. The maximum Gasteiger partial charge on any atom is 0.323 e. The number of hydrogen-bond acceptors (Lipinski definition) is 3. The lowest BCUT2D eigenvalue weighted by atomic mass is 9.76. The first-order valence-electron chi connectivity index (χ1n) is 6.53. The van der Waals surface area contributed by atoms with Crippen LogP contribution in [-0.4, -0.2) is 29.3 Å². The van der Waals surface area contributed by atoms with Gasteiger partial charge in [0.25, 0.3) is 0 Å². The van der Waals surface area contributed by atoms with Crippen molar-refractivity contribution in [3.8, 4) is 5.75 Å². The lowest BCUT2D eigenvalue weighted by Gasteiger charge is -2.39. The Morgan fingerprint density at radius 1 is 1.53 bits per heavy atom. The van der Waals surface area contributed by atoms with Gasteiger partial charge in [-0.3, -0.25) is 10.1 Å². The topological polar surface area (TPSA) is 58.6 Å². The molecule has 1 aliphatic carbocycles. The van der Waals surface area contributed by atoms with E-state index in [2.05, 4.69) is 5.32 Å². The summed E-state index contributed by atoms with van der Waals surface area (Å²) in [6, 6.07) is 4.48. The fraction of sp³-hybridized carbons (Fsp3) is 0.500. The highest BCUT2D eigenvalue weighted by molar-refractivity contribution is 5.80. The second-order valence-corrected chi connectivity index (χ2v) is 5.32. The molecule has 2 N–H and O–H groups in total. The number of rotatable bonds is 4. The molecule has 1 aromatic rings. The third-order valence-electron chi connectivity index (χ3n) is 4.05. The monoisotopic (exact) mass is 265 g/mol. The van der Waals surface area contributed by atoms with Crippen LogP contribution in [0.2, 0.25) is 0 Å². The third kappa shape index (κ3) is 2.18. The number of carboxylic acids is 1. The predicted octanol–water partition coefficient (Wildman–Crippen LogP) is 1.73. The molecule has 1 unspecified atom stereocenters. The SMILES string of the molecule is O=C(O)C1(NCC2Cc3cc(F)ccc3O2)CCC1. The van der Waals surface area contributed by atoms with E-state index in [9.17, 15) is 14.3 Å². The maximum atomic E-state index is 13.1. The molecule has 102 valence electrons. The number of benzene rings is 1. The minimum atomic E-state index is -0.791. The van der Waals surface area contributed by atoms with E-state index in [4.69, 9.17) is 4.74 Å². The van der Waals surface area contributed by atoms with Crippen LogP contribution in [0.5, 0.6) is 5.75 Å². The molecule has 1 heterocycles. The van der Waals surface area contributed by atoms with E-state index in [1.54, 1.807) is 6.07 Å². The summed E-state index contributed by atoms with van der Waals surface area (Å²) in [7, 11) is 0. The van der Waals surface area contributed by atoms with Crippen LogP contribution in [0.4, 0.5) is 4.39 Å². The number of hydrogen-bond donors (Lipinski definition) is 2. The van der Waals surface area contributed by atoms with Crippen molar-refractivity contribution in [2.75, 3.05) is 6.54 Å². The van der Waals surface area contributed by atoms with Crippen molar-refractivity contribution in [2.24, 2.45) is 0 Å². The summed E-state index contributed by atoms with van der Waals surface area (Å²) < 4.78 is 18.8. The van der Waals surface area contributed by atoms with Crippen molar-refractivity contribution < 1.29 is 19.0 Å². The van der Waals surface area contributed by atoms with E-state index < -0.39 is 11.5 Å². The highest BCUT2D eigenvalue weighted by atomic mass is 19.1. The number of nitrogens with one attached hydrogen (secondary N) is 1. The fourth-order valence-electron chi connectivity index (χ4n) is 2.71. The second-order valence-electron chi connectivity index (χ2n) is 5.32. The molecule has 1 aliphatic heterocycles. The first kappa shape index (κ1) is 12.4. The van der Waals surface area contributed by atoms with Gasteiger partial charge in [0.15, 0.2) is 0 Å². The van der Waals surface area contributed by atoms with Crippen LogP contribution in [0.15, 0.2) is 18.2 Å². The molecule has 1 fully saturated rings. The molecule has 2 aliphatic rings. The summed E-state index contributed by atoms with van der Waals surface area (Å²) in [6.07, 6.45) is 2.77. The molecule has 3 rings (SSSR count). The van der Waals surface area contributed by atoms with Crippen molar-refractivity contribution in [1.82, 2.24) is 5.32 Å². The molecule has 0 spiro atoms. The number of carbonyl (C=O) groups is 1. The molecule has 0 amide bonds. The van der Waals surface area contributed by atoms with E-state index in [1.807, 2.05) is 0 Å². The van der Waals surface area contributed by atoms with Gasteiger partial charge in [-0.25, -0.2) is 4.39 Å². The molecular formula is C14H16FNO3. The van der Waals surface area contributed by atoms with Gasteiger partial charge in [0.1, 0.15) is 23.2 Å². The van der Waals surface area contributed by atoms with Crippen LogP contribution in [0.25, 0.3) is 0 Å². The van der Waals surface area contributed by atoms with Crippen LogP contribution < -0.4 is 10.1 Å². The van der Waals surface area contributed by atoms with E-state index in [-0.39, 0.29) is 11.9 Å². The van der Waals surface area contributed by atoms with Gasteiger partial charge >= 0.3 is 5.97 Å². The highest BCUT2D eigenvalue weighted by Gasteiger charge is 2.44. The average molecular weight is 265 g/mol. The van der Waals surface area contributed by atoms with Gasteiger partial charge in [-0.15, -0.1) is 0 Å². The Hall–Kier alpha value is -1.62. The van der Waals surface area contributed by atoms with Gasteiger partial charge in [0.05, 0.1) is 0 Å². The van der Waals surface area contributed by atoms with Crippen LogP contribution >= 0.6 is 0 Å². The van der Waals surface area contributed by atoms with E-state index in [0.717, 1.165) is 12.0 Å². The van der Waals surface area contributed by atoms with Crippen molar-refractivity contribution >= 4 is 5.97 Å². The molecule has 1 aromatic carbocycles. The zero-order valence-electron chi connectivity index (χ0n) is 10.5. The Bertz CT molecular complexity index is 513. The predicted molar refractivity (Wildman–Crippen MR) is 66.7 cm³/mol. The molecule has 0 saturated heterocycles. The summed E-state index contributed by atoms with van der Waals surface area (Å²) in [5.74, 6) is -0.358. The molecule has 4 nitrogen and oxygen atoms in total. The molecule has 5 heteroatoms. The van der Waals surface area contributed by atoms with Gasteiger partial charge in [-0.05, 0) is 37.5 Å². The normalized spacial score (nSPS) is 23.3. The minimum absolute atomic E-state index is 0.117. The van der Waals surface area contributed by atoms with Crippen molar-refractivity contribution in [1.29, 1.82) is 0 Å². The lowest BCUT2D eigenvalue weighted by Crippen LogP contribution is -2.59. The zero-order chi connectivity index (χ0) is 13.5. The van der Waals surface area contributed by atoms with Gasteiger partial charge in [-0.1, -0.05) is 0 Å². The third-order valence-corrected chi connectivity index (χ3v) is 4.05. The molecule has 1 atom stereocenters. The number of halogens is 1. The summed E-state index contributed by atoms with van der Waals surface area (Å²) in [5, 5.41) is 12.3. The second kappa shape index (κ2) is 4.49. The summed E-state index contributed by atoms with van der Waals surface area (Å²) in [6.45, 7) is 0.475. The van der Waals surface area contributed by atoms with Crippen molar-refractivity contribution in [2.45, 2.75) is 37.3 Å². The van der Waals surface area contributed by atoms with Gasteiger partial charge in [0, 0.05) is 18.5 Å². The molecule has 19 heavy (non-hydrogen) atoms. The molecule has 0 aromatic heterocycles. The first-order valence-corrected chi connectivity index (χ1v) is 6.53. The minimum Gasteiger partial charge on any atom is -0.488 e. The fourth-order valence-corrected chi connectivity index (χ4v) is 2.71. The van der Waals surface area contributed by atoms with Crippen LogP contribution in [0.3, 0.4) is 0 Å². The Kier molecular flexibility index (Phi) is 2.93. The standard InChI is InChI=1S/C14H16FNO3/c15-10-2-3-12-9(6-10)7-11(19-12)8-16-14(13(17)18)4-1-5-14/h2-3,6,11,16H,1,4-5,7-8H2,(H,17,18). The number of ether oxygens (including phenoxy) is 1.